The molecule has 0 unspecified atom stereocenters. The van der Waals surface area contributed by atoms with E-state index in [2.05, 4.69) is 20.3 Å². The van der Waals surface area contributed by atoms with E-state index in [0.29, 0.717) is 22.9 Å². The van der Waals surface area contributed by atoms with Crippen molar-refractivity contribution in [2.45, 2.75) is 6.54 Å². The van der Waals surface area contributed by atoms with Crippen molar-refractivity contribution in [2.24, 2.45) is 0 Å². The Morgan fingerprint density at radius 3 is 2.88 bits per heavy atom. The van der Waals surface area contributed by atoms with E-state index >= 15 is 0 Å². The highest BCUT2D eigenvalue weighted by Gasteiger charge is 2.06. The number of rotatable bonds is 3. The first-order valence-corrected chi connectivity index (χ1v) is 5.22. The third-order valence-corrected chi connectivity index (χ3v) is 2.47. The number of anilines is 1. The van der Waals surface area contributed by atoms with Gasteiger partial charge in [-0.25, -0.2) is 15.0 Å². The van der Waals surface area contributed by atoms with Crippen LogP contribution >= 0.6 is 11.6 Å². The smallest absolute Gasteiger partial charge is 0.146 e. The van der Waals surface area contributed by atoms with Gasteiger partial charge in [0.25, 0.3) is 0 Å². The van der Waals surface area contributed by atoms with Crippen LogP contribution in [0.15, 0.2) is 30.9 Å². The summed E-state index contributed by atoms with van der Waals surface area (Å²) in [5.74, 6) is 0.476. The second-order valence-electron chi connectivity index (χ2n) is 3.19. The molecule has 2 heterocycles. The first-order valence-electron chi connectivity index (χ1n) is 4.84. The Labute approximate surface area is 103 Å². The molecule has 0 saturated carbocycles. The van der Waals surface area contributed by atoms with Crippen molar-refractivity contribution in [1.82, 2.24) is 15.0 Å². The van der Waals surface area contributed by atoms with Crippen LogP contribution in [-0.2, 0) is 6.54 Å². The van der Waals surface area contributed by atoms with E-state index in [0.717, 1.165) is 5.69 Å². The molecule has 0 amide bonds. The molecule has 2 aromatic rings. The van der Waals surface area contributed by atoms with Crippen molar-refractivity contribution in [3.8, 4) is 6.07 Å². The van der Waals surface area contributed by atoms with Gasteiger partial charge in [0.05, 0.1) is 17.8 Å². The van der Waals surface area contributed by atoms with Crippen LogP contribution in [0.25, 0.3) is 0 Å². The average Bonchev–Trinajstić information content (AvgIpc) is 2.39. The summed E-state index contributed by atoms with van der Waals surface area (Å²) >= 11 is 5.99. The average molecular weight is 246 g/mol. The predicted octanol–water partition coefficient (Wildman–Crippen LogP) is 2.01. The van der Waals surface area contributed by atoms with Crippen LogP contribution in [-0.4, -0.2) is 15.0 Å². The van der Waals surface area contributed by atoms with E-state index in [1.807, 2.05) is 6.07 Å². The molecular formula is C11H8ClN5. The van der Waals surface area contributed by atoms with E-state index in [-0.39, 0.29) is 0 Å². The van der Waals surface area contributed by atoms with E-state index in [9.17, 15) is 0 Å². The van der Waals surface area contributed by atoms with Crippen LogP contribution in [0.3, 0.4) is 0 Å². The van der Waals surface area contributed by atoms with E-state index in [4.69, 9.17) is 16.9 Å². The number of aromatic nitrogens is 3. The predicted molar refractivity (Wildman–Crippen MR) is 63.3 cm³/mol. The Morgan fingerprint density at radius 2 is 2.18 bits per heavy atom. The number of nitrogens with one attached hydrogen (secondary N) is 1. The summed E-state index contributed by atoms with van der Waals surface area (Å²) in [6.45, 7) is 0.476. The summed E-state index contributed by atoms with van der Waals surface area (Å²) in [5, 5.41) is 12.2. The summed E-state index contributed by atoms with van der Waals surface area (Å²) in [6.07, 6.45) is 4.66. The Morgan fingerprint density at radius 1 is 1.29 bits per heavy atom. The molecule has 2 rings (SSSR count). The maximum atomic E-state index is 8.82. The lowest BCUT2D eigenvalue weighted by molar-refractivity contribution is 0.996. The molecule has 17 heavy (non-hydrogen) atoms. The quantitative estimate of drug-likeness (QED) is 0.895. The third kappa shape index (κ3) is 2.68. The Hall–Kier alpha value is -2.19. The second kappa shape index (κ2) is 5.23. The number of halogens is 1. The zero-order valence-corrected chi connectivity index (χ0v) is 9.52. The van der Waals surface area contributed by atoms with Crippen molar-refractivity contribution in [3.05, 3.63) is 47.1 Å². The number of nitriles is 1. The molecule has 84 valence electrons. The first-order chi connectivity index (χ1) is 8.31. The van der Waals surface area contributed by atoms with E-state index in [1.54, 1.807) is 18.3 Å². The topological polar surface area (TPSA) is 74.5 Å². The van der Waals surface area contributed by atoms with Crippen molar-refractivity contribution in [1.29, 1.82) is 5.26 Å². The third-order valence-electron chi connectivity index (χ3n) is 2.09. The maximum absolute atomic E-state index is 8.82. The molecule has 0 aliphatic heterocycles. The fourth-order valence-corrected chi connectivity index (χ4v) is 1.47. The van der Waals surface area contributed by atoms with Gasteiger partial charge in [0.1, 0.15) is 23.2 Å². The fraction of sp³-hybridized carbons (Fsp3) is 0.0909. The van der Waals surface area contributed by atoms with Gasteiger partial charge in [-0.1, -0.05) is 11.6 Å². The van der Waals surface area contributed by atoms with E-state index in [1.165, 1.54) is 12.5 Å². The van der Waals surface area contributed by atoms with Crippen LogP contribution in [0.2, 0.25) is 5.02 Å². The van der Waals surface area contributed by atoms with Crippen LogP contribution in [0.5, 0.6) is 0 Å². The molecule has 0 aliphatic carbocycles. The highest BCUT2D eigenvalue weighted by atomic mass is 35.5. The summed E-state index contributed by atoms with van der Waals surface area (Å²) in [5.41, 5.74) is 1.21. The highest BCUT2D eigenvalue weighted by molar-refractivity contribution is 6.34. The molecule has 0 atom stereocenters. The lowest BCUT2D eigenvalue weighted by Crippen LogP contribution is -2.04. The van der Waals surface area contributed by atoms with Gasteiger partial charge in [0.15, 0.2) is 0 Å². The first kappa shape index (κ1) is 11.3. The fourth-order valence-electron chi connectivity index (χ4n) is 1.25. The lowest BCUT2D eigenvalue weighted by atomic mass is 10.3. The van der Waals surface area contributed by atoms with Gasteiger partial charge in [0, 0.05) is 12.4 Å². The summed E-state index contributed by atoms with van der Waals surface area (Å²) < 4.78 is 0. The number of hydrogen-bond donors (Lipinski definition) is 1. The number of hydrogen-bond acceptors (Lipinski definition) is 5. The number of nitrogens with zero attached hydrogens (tertiary/aromatic N) is 4. The molecule has 0 bridgehead atoms. The van der Waals surface area contributed by atoms with Crippen LogP contribution < -0.4 is 5.32 Å². The molecule has 1 N–H and O–H groups in total. The molecule has 0 spiro atoms. The van der Waals surface area contributed by atoms with Crippen molar-refractivity contribution >= 4 is 17.4 Å². The van der Waals surface area contributed by atoms with Gasteiger partial charge in [-0.3, -0.25) is 0 Å². The van der Waals surface area contributed by atoms with Crippen molar-refractivity contribution in [3.63, 3.8) is 0 Å². The SMILES string of the molecule is N#Cc1ccnc(NCc2ccncn2)c1Cl. The zero-order chi connectivity index (χ0) is 12.1. The minimum Gasteiger partial charge on any atom is -0.363 e. The highest BCUT2D eigenvalue weighted by Crippen LogP contribution is 2.22. The monoisotopic (exact) mass is 245 g/mol. The number of pyridine rings is 1. The standard InChI is InChI=1S/C11H8ClN5/c12-10-8(5-13)1-4-15-11(10)16-6-9-2-3-14-7-17-9/h1-4,7H,6H2,(H,15,16). The molecule has 0 saturated heterocycles. The molecule has 6 heteroatoms. The van der Waals surface area contributed by atoms with Gasteiger partial charge in [-0.05, 0) is 12.1 Å². The van der Waals surface area contributed by atoms with Crippen molar-refractivity contribution in [2.75, 3.05) is 5.32 Å². The second-order valence-corrected chi connectivity index (χ2v) is 3.57. The largest absolute Gasteiger partial charge is 0.363 e. The molecular weight excluding hydrogens is 238 g/mol. The summed E-state index contributed by atoms with van der Waals surface area (Å²) in [7, 11) is 0. The zero-order valence-electron chi connectivity index (χ0n) is 8.76. The summed E-state index contributed by atoms with van der Waals surface area (Å²) in [6, 6.07) is 5.35. The summed E-state index contributed by atoms with van der Waals surface area (Å²) in [4.78, 5) is 11.9. The molecule has 0 fully saturated rings. The Kier molecular flexibility index (Phi) is 3.48. The minimum atomic E-state index is 0.323. The van der Waals surface area contributed by atoms with E-state index < -0.39 is 0 Å². The maximum Gasteiger partial charge on any atom is 0.146 e. The lowest BCUT2D eigenvalue weighted by Gasteiger charge is -2.06. The molecule has 0 aromatic carbocycles. The van der Waals surface area contributed by atoms with Crippen LogP contribution in [0.4, 0.5) is 5.82 Å². The van der Waals surface area contributed by atoms with Gasteiger partial charge >= 0.3 is 0 Å². The van der Waals surface area contributed by atoms with Gasteiger partial charge in [-0.2, -0.15) is 5.26 Å². The molecule has 0 aliphatic rings. The van der Waals surface area contributed by atoms with Gasteiger partial charge in [0.2, 0.25) is 0 Å². The van der Waals surface area contributed by atoms with Crippen molar-refractivity contribution < 1.29 is 0 Å². The normalized spacial score (nSPS) is 9.65. The molecule has 2 aromatic heterocycles. The van der Waals surface area contributed by atoms with Crippen LogP contribution in [0, 0.1) is 11.3 Å². The van der Waals surface area contributed by atoms with Crippen LogP contribution in [0.1, 0.15) is 11.3 Å². The molecule has 0 radical (unpaired) electrons. The van der Waals surface area contributed by atoms with Gasteiger partial charge in [-0.15, -0.1) is 0 Å². The molecule has 5 nitrogen and oxygen atoms in total. The van der Waals surface area contributed by atoms with Gasteiger partial charge < -0.3 is 5.32 Å². The Balaban J connectivity index is 2.13. The minimum absolute atomic E-state index is 0.323. The Bertz CT molecular complexity index is 550.